The summed E-state index contributed by atoms with van der Waals surface area (Å²) in [5.41, 5.74) is 0.0699. The predicted octanol–water partition coefficient (Wildman–Crippen LogP) is 5.34. The van der Waals surface area contributed by atoms with Crippen LogP contribution in [0.4, 0.5) is 13.2 Å². The van der Waals surface area contributed by atoms with Crippen molar-refractivity contribution in [3.05, 3.63) is 82.1 Å². The van der Waals surface area contributed by atoms with Gasteiger partial charge in [0.1, 0.15) is 12.2 Å². The molecule has 192 valence electrons. The molecule has 1 aliphatic rings. The molecule has 0 spiro atoms. The number of methoxy groups -OCH3 is 1. The summed E-state index contributed by atoms with van der Waals surface area (Å²) < 4.78 is 50.6. The van der Waals surface area contributed by atoms with Gasteiger partial charge in [-0.1, -0.05) is 32.4 Å². The van der Waals surface area contributed by atoms with Crippen molar-refractivity contribution >= 4 is 5.52 Å². The van der Waals surface area contributed by atoms with Gasteiger partial charge in [-0.2, -0.15) is 13.2 Å². The second-order valence-corrected chi connectivity index (χ2v) is 8.79. The number of hydrogen-bond acceptors (Lipinski definition) is 4. The van der Waals surface area contributed by atoms with Crippen molar-refractivity contribution in [2.45, 2.75) is 51.8 Å². The minimum Gasteiger partial charge on any atom is -0.380 e. The topological polar surface area (TPSA) is 66.3 Å². The molecule has 3 aromatic heterocycles. The van der Waals surface area contributed by atoms with Crippen LogP contribution in [0.25, 0.3) is 11.2 Å². The number of alkyl halides is 3. The third kappa shape index (κ3) is 4.69. The molecule has 1 unspecified atom stereocenters. The van der Waals surface area contributed by atoms with Gasteiger partial charge in [0.05, 0.1) is 23.4 Å². The molecular weight excluding hydrogens is 471 g/mol. The number of ether oxygens (including phenoxy) is 1. The second kappa shape index (κ2) is 10.3. The Labute approximate surface area is 207 Å². The molecule has 5 rings (SSSR count). The Balaban J connectivity index is 0.00000148. The van der Waals surface area contributed by atoms with Crippen LogP contribution in [0, 0.1) is 5.92 Å². The van der Waals surface area contributed by atoms with Crippen molar-refractivity contribution in [1.82, 2.24) is 23.7 Å². The number of benzene rings is 1. The van der Waals surface area contributed by atoms with Crippen molar-refractivity contribution in [3.63, 3.8) is 0 Å². The van der Waals surface area contributed by atoms with Crippen LogP contribution >= 0.6 is 0 Å². The minimum absolute atomic E-state index is 0.00650. The molecular formula is C26H30F3N5O2. The van der Waals surface area contributed by atoms with Gasteiger partial charge in [-0.05, 0) is 48.1 Å². The molecule has 1 aliphatic carbocycles. The van der Waals surface area contributed by atoms with Crippen molar-refractivity contribution in [2.24, 2.45) is 13.0 Å². The monoisotopic (exact) mass is 501 g/mol. The van der Waals surface area contributed by atoms with Crippen LogP contribution in [0.5, 0.6) is 0 Å². The van der Waals surface area contributed by atoms with E-state index < -0.39 is 17.4 Å². The van der Waals surface area contributed by atoms with Crippen LogP contribution < -0.4 is 5.69 Å². The molecule has 10 heteroatoms. The SMILES string of the molecule is CC.COCc1cc(C(F)(F)F)c2cn(-c3cccc(C(c4nncn4C)C4CCC4)c3)c(=O)n2c1. The average Bonchev–Trinajstić information content (AvgIpc) is 3.39. The Bertz CT molecular complexity index is 1400. The fraction of sp³-hybridized carbons (Fsp3) is 0.423. The molecule has 1 aromatic carbocycles. The first-order chi connectivity index (χ1) is 17.3. The summed E-state index contributed by atoms with van der Waals surface area (Å²) in [5.74, 6) is 1.23. The summed E-state index contributed by atoms with van der Waals surface area (Å²) in [6.07, 6.45) is 2.97. The smallest absolute Gasteiger partial charge is 0.380 e. The van der Waals surface area contributed by atoms with E-state index in [-0.39, 0.29) is 23.6 Å². The van der Waals surface area contributed by atoms with Crippen LogP contribution in [0.3, 0.4) is 0 Å². The predicted molar refractivity (Wildman–Crippen MR) is 130 cm³/mol. The largest absolute Gasteiger partial charge is 0.418 e. The second-order valence-electron chi connectivity index (χ2n) is 8.79. The number of nitrogens with zero attached hydrogens (tertiary/aromatic N) is 5. The maximum atomic E-state index is 13.8. The molecule has 0 saturated heterocycles. The fourth-order valence-electron chi connectivity index (χ4n) is 4.75. The van der Waals surface area contributed by atoms with Gasteiger partial charge in [0.15, 0.2) is 0 Å². The highest BCUT2D eigenvalue weighted by atomic mass is 19.4. The quantitative estimate of drug-likeness (QED) is 0.358. The third-order valence-corrected chi connectivity index (χ3v) is 6.59. The summed E-state index contributed by atoms with van der Waals surface area (Å²) in [6, 6.07) is 8.41. The summed E-state index contributed by atoms with van der Waals surface area (Å²) in [6.45, 7) is 3.97. The van der Waals surface area contributed by atoms with Crippen LogP contribution in [-0.2, 0) is 24.6 Å². The molecule has 0 N–H and O–H groups in total. The lowest BCUT2D eigenvalue weighted by Gasteiger charge is -2.33. The third-order valence-electron chi connectivity index (χ3n) is 6.59. The lowest BCUT2D eigenvalue weighted by molar-refractivity contribution is -0.136. The maximum Gasteiger partial charge on any atom is 0.418 e. The molecule has 3 heterocycles. The standard InChI is InChI=1S/C24H24F3N5O2.C2H6/c1-30-14-28-29-22(30)21(16-5-3-6-16)17-7-4-8-18(10-17)31-12-20-19(24(25,26)27)9-15(13-34-2)11-32(20)23(31)33;1-2/h4,7-12,14,16,21H,3,5-6,13H2,1-2H3;1-2H3. The number of hydrogen-bond donors (Lipinski definition) is 0. The zero-order valence-electron chi connectivity index (χ0n) is 20.8. The molecule has 36 heavy (non-hydrogen) atoms. The zero-order valence-corrected chi connectivity index (χ0v) is 20.8. The Morgan fingerprint density at radius 2 is 1.92 bits per heavy atom. The maximum absolute atomic E-state index is 13.8. The molecule has 0 aliphatic heterocycles. The van der Waals surface area contributed by atoms with E-state index in [9.17, 15) is 18.0 Å². The van der Waals surface area contributed by atoms with Gasteiger partial charge in [0.2, 0.25) is 0 Å². The van der Waals surface area contributed by atoms with E-state index in [0.29, 0.717) is 11.6 Å². The van der Waals surface area contributed by atoms with Crippen molar-refractivity contribution < 1.29 is 17.9 Å². The zero-order chi connectivity index (χ0) is 26.0. The van der Waals surface area contributed by atoms with Crippen LogP contribution in [0.2, 0.25) is 0 Å². The Morgan fingerprint density at radius 1 is 1.17 bits per heavy atom. The number of halogens is 3. The first-order valence-corrected chi connectivity index (χ1v) is 12.0. The molecule has 7 nitrogen and oxygen atoms in total. The summed E-state index contributed by atoms with van der Waals surface area (Å²) in [5, 5.41) is 8.35. The van der Waals surface area contributed by atoms with E-state index >= 15 is 0 Å². The summed E-state index contributed by atoms with van der Waals surface area (Å²) >= 11 is 0. The molecule has 0 bridgehead atoms. The highest BCUT2D eigenvalue weighted by Gasteiger charge is 2.35. The summed E-state index contributed by atoms with van der Waals surface area (Å²) in [4.78, 5) is 13.2. The Hall–Kier alpha value is -3.40. The molecule has 1 atom stereocenters. The number of rotatable bonds is 6. The number of fused-ring (bicyclic) bond motifs is 1. The average molecular weight is 502 g/mol. The molecule has 0 radical (unpaired) electrons. The number of imidazole rings is 1. The number of aromatic nitrogens is 5. The number of aryl methyl sites for hydroxylation is 1. The van der Waals surface area contributed by atoms with Crippen molar-refractivity contribution in [3.8, 4) is 5.69 Å². The summed E-state index contributed by atoms with van der Waals surface area (Å²) in [7, 11) is 3.29. The molecule has 1 saturated carbocycles. The molecule has 4 aromatic rings. The van der Waals surface area contributed by atoms with Gasteiger partial charge in [0.25, 0.3) is 0 Å². The van der Waals surface area contributed by atoms with Crippen molar-refractivity contribution in [1.29, 1.82) is 0 Å². The van der Waals surface area contributed by atoms with Crippen molar-refractivity contribution in [2.75, 3.05) is 7.11 Å². The minimum atomic E-state index is -4.62. The Morgan fingerprint density at radius 3 is 2.50 bits per heavy atom. The van der Waals surface area contributed by atoms with E-state index in [2.05, 4.69) is 10.2 Å². The first-order valence-electron chi connectivity index (χ1n) is 12.0. The van der Waals surface area contributed by atoms with Gasteiger partial charge in [-0.3, -0.25) is 8.97 Å². The first kappa shape index (κ1) is 25.7. The van der Waals surface area contributed by atoms with Gasteiger partial charge in [-0.25, -0.2) is 4.79 Å². The normalized spacial score (nSPS) is 14.9. The van der Waals surface area contributed by atoms with Gasteiger partial charge in [0, 0.05) is 32.5 Å². The van der Waals surface area contributed by atoms with Gasteiger partial charge in [-0.15, -0.1) is 10.2 Å². The molecule has 0 amide bonds. The van der Waals surface area contributed by atoms with E-state index in [4.69, 9.17) is 4.74 Å². The van der Waals surface area contributed by atoms with Gasteiger partial charge >= 0.3 is 11.9 Å². The number of pyridine rings is 1. The Kier molecular flexibility index (Phi) is 7.35. The highest BCUT2D eigenvalue weighted by molar-refractivity contribution is 5.58. The van der Waals surface area contributed by atoms with E-state index in [1.54, 1.807) is 12.4 Å². The van der Waals surface area contributed by atoms with Gasteiger partial charge < -0.3 is 9.30 Å². The highest BCUT2D eigenvalue weighted by Crippen LogP contribution is 2.43. The van der Waals surface area contributed by atoms with E-state index in [1.807, 2.05) is 43.7 Å². The van der Waals surface area contributed by atoms with Crippen LogP contribution in [0.15, 0.2) is 53.8 Å². The fourth-order valence-corrected chi connectivity index (χ4v) is 4.75. The van der Waals surface area contributed by atoms with E-state index in [0.717, 1.165) is 41.1 Å². The molecule has 1 fully saturated rings. The lowest BCUT2D eigenvalue weighted by atomic mass is 9.72. The van der Waals surface area contributed by atoms with E-state index in [1.165, 1.54) is 24.1 Å². The lowest BCUT2D eigenvalue weighted by Crippen LogP contribution is -2.24. The van der Waals surface area contributed by atoms with Crippen LogP contribution in [-0.4, -0.2) is 30.8 Å². The van der Waals surface area contributed by atoms with Crippen LogP contribution in [0.1, 0.15) is 61.5 Å².